The molecular weight excluding hydrogens is 238 g/mol. The van der Waals surface area contributed by atoms with Crippen LogP contribution in [0.5, 0.6) is 5.75 Å². The molecule has 0 aliphatic heterocycles. The van der Waals surface area contributed by atoms with Crippen molar-refractivity contribution in [3.63, 3.8) is 0 Å². The fourth-order valence-corrected chi connectivity index (χ4v) is 1.96. The number of nitrogens with one attached hydrogen (secondary N) is 1. The standard InChI is InChI=1S/C15H21N3O/c1-11(2)14-8-13(18(3)17-14)10-16-9-12-6-4-5-7-15(12)19/h4-8,11,16,19H,9-10H2,1-3H3. The highest BCUT2D eigenvalue weighted by atomic mass is 16.3. The highest BCUT2D eigenvalue weighted by molar-refractivity contribution is 5.31. The molecule has 0 aliphatic rings. The Bertz CT molecular complexity index is 546. The molecule has 4 nitrogen and oxygen atoms in total. The Morgan fingerprint density at radius 1 is 1.26 bits per heavy atom. The minimum Gasteiger partial charge on any atom is -0.508 e. The van der Waals surface area contributed by atoms with Gasteiger partial charge in [0.15, 0.2) is 0 Å². The first-order valence-corrected chi connectivity index (χ1v) is 6.58. The van der Waals surface area contributed by atoms with Gasteiger partial charge in [-0.15, -0.1) is 0 Å². The van der Waals surface area contributed by atoms with Crippen LogP contribution in [0.2, 0.25) is 0 Å². The molecule has 2 aromatic rings. The summed E-state index contributed by atoms with van der Waals surface area (Å²) in [6.45, 7) is 5.67. The third-order valence-corrected chi connectivity index (χ3v) is 3.20. The van der Waals surface area contributed by atoms with Crippen molar-refractivity contribution in [2.45, 2.75) is 32.9 Å². The first-order chi connectivity index (χ1) is 9.08. The number of rotatable bonds is 5. The number of nitrogens with zero attached hydrogens (tertiary/aromatic N) is 2. The average molecular weight is 259 g/mol. The molecule has 0 aliphatic carbocycles. The van der Waals surface area contributed by atoms with Crippen LogP contribution in [0.25, 0.3) is 0 Å². The lowest BCUT2D eigenvalue weighted by atomic mass is 10.1. The highest BCUT2D eigenvalue weighted by Crippen LogP contribution is 2.16. The number of para-hydroxylation sites is 1. The molecule has 0 atom stereocenters. The average Bonchev–Trinajstić information content (AvgIpc) is 2.74. The van der Waals surface area contributed by atoms with Gasteiger partial charge in [-0.2, -0.15) is 5.10 Å². The summed E-state index contributed by atoms with van der Waals surface area (Å²) >= 11 is 0. The molecule has 1 aromatic carbocycles. The highest BCUT2D eigenvalue weighted by Gasteiger charge is 2.08. The zero-order valence-electron chi connectivity index (χ0n) is 11.7. The van der Waals surface area contributed by atoms with Gasteiger partial charge in [-0.3, -0.25) is 4.68 Å². The van der Waals surface area contributed by atoms with Crippen molar-refractivity contribution in [3.8, 4) is 5.75 Å². The Morgan fingerprint density at radius 3 is 2.63 bits per heavy atom. The Balaban J connectivity index is 1.94. The Kier molecular flexibility index (Phi) is 4.22. The van der Waals surface area contributed by atoms with Crippen LogP contribution in [0.3, 0.4) is 0 Å². The summed E-state index contributed by atoms with van der Waals surface area (Å²) in [5.41, 5.74) is 3.18. The molecule has 1 heterocycles. The van der Waals surface area contributed by atoms with E-state index in [4.69, 9.17) is 0 Å². The van der Waals surface area contributed by atoms with Gasteiger partial charge in [0.1, 0.15) is 5.75 Å². The second-order valence-electron chi connectivity index (χ2n) is 5.07. The lowest BCUT2D eigenvalue weighted by Crippen LogP contribution is -2.15. The van der Waals surface area contributed by atoms with Crippen molar-refractivity contribution in [1.29, 1.82) is 0 Å². The first-order valence-electron chi connectivity index (χ1n) is 6.58. The minimum atomic E-state index is 0.336. The van der Waals surface area contributed by atoms with E-state index in [1.165, 1.54) is 0 Å². The van der Waals surface area contributed by atoms with E-state index in [1.54, 1.807) is 6.07 Å². The molecule has 0 spiro atoms. The second kappa shape index (κ2) is 5.89. The quantitative estimate of drug-likeness (QED) is 0.867. The zero-order chi connectivity index (χ0) is 13.8. The van der Waals surface area contributed by atoms with Crippen LogP contribution < -0.4 is 5.32 Å². The number of aryl methyl sites for hydroxylation is 1. The summed E-state index contributed by atoms with van der Waals surface area (Å²) in [7, 11) is 1.96. The predicted molar refractivity (Wildman–Crippen MR) is 75.9 cm³/mol. The number of benzene rings is 1. The van der Waals surface area contributed by atoms with Gasteiger partial charge in [0.05, 0.1) is 11.4 Å². The Hall–Kier alpha value is -1.81. The SMILES string of the molecule is CC(C)c1cc(CNCc2ccccc2O)n(C)n1. The van der Waals surface area contributed by atoms with Crippen LogP contribution in [-0.2, 0) is 20.1 Å². The number of phenolic OH excluding ortho intramolecular Hbond substituents is 1. The maximum absolute atomic E-state index is 9.68. The van der Waals surface area contributed by atoms with Gasteiger partial charge in [-0.05, 0) is 18.1 Å². The van der Waals surface area contributed by atoms with Crippen LogP contribution in [0.15, 0.2) is 30.3 Å². The topological polar surface area (TPSA) is 50.1 Å². The van der Waals surface area contributed by atoms with Gasteiger partial charge in [-0.1, -0.05) is 32.0 Å². The number of aromatic nitrogens is 2. The van der Waals surface area contributed by atoms with E-state index in [1.807, 2.05) is 29.9 Å². The van der Waals surface area contributed by atoms with Gasteiger partial charge in [0, 0.05) is 25.7 Å². The smallest absolute Gasteiger partial charge is 0.120 e. The van der Waals surface area contributed by atoms with Crippen molar-refractivity contribution in [2.75, 3.05) is 0 Å². The minimum absolute atomic E-state index is 0.336. The van der Waals surface area contributed by atoms with Crippen molar-refractivity contribution in [1.82, 2.24) is 15.1 Å². The van der Waals surface area contributed by atoms with Crippen LogP contribution in [0.4, 0.5) is 0 Å². The van der Waals surface area contributed by atoms with E-state index in [9.17, 15) is 5.11 Å². The molecule has 2 rings (SSSR count). The number of hydrogen-bond donors (Lipinski definition) is 2. The summed E-state index contributed by atoms with van der Waals surface area (Å²) in [6.07, 6.45) is 0. The van der Waals surface area contributed by atoms with Crippen LogP contribution >= 0.6 is 0 Å². The van der Waals surface area contributed by atoms with E-state index in [-0.39, 0.29) is 0 Å². The lowest BCUT2D eigenvalue weighted by Gasteiger charge is -2.06. The maximum atomic E-state index is 9.68. The number of aromatic hydroxyl groups is 1. The van der Waals surface area contributed by atoms with Gasteiger partial charge in [-0.25, -0.2) is 0 Å². The Labute approximate surface area is 114 Å². The summed E-state index contributed by atoms with van der Waals surface area (Å²) in [5.74, 6) is 0.779. The molecule has 0 saturated heterocycles. The lowest BCUT2D eigenvalue weighted by molar-refractivity contribution is 0.464. The largest absolute Gasteiger partial charge is 0.508 e. The molecular formula is C15H21N3O. The molecule has 1 aromatic heterocycles. The molecule has 0 radical (unpaired) electrons. The maximum Gasteiger partial charge on any atom is 0.120 e. The van der Waals surface area contributed by atoms with Crippen LogP contribution in [-0.4, -0.2) is 14.9 Å². The van der Waals surface area contributed by atoms with Crippen molar-refractivity contribution >= 4 is 0 Å². The fraction of sp³-hybridized carbons (Fsp3) is 0.400. The summed E-state index contributed by atoms with van der Waals surface area (Å²) in [6, 6.07) is 9.51. The molecule has 0 fully saturated rings. The molecule has 0 bridgehead atoms. The predicted octanol–water partition coefficient (Wildman–Crippen LogP) is 2.54. The van der Waals surface area contributed by atoms with Gasteiger partial charge in [0.2, 0.25) is 0 Å². The van der Waals surface area contributed by atoms with Crippen LogP contribution in [0, 0.1) is 0 Å². The molecule has 0 saturated carbocycles. The van der Waals surface area contributed by atoms with E-state index in [0.717, 1.165) is 23.5 Å². The summed E-state index contributed by atoms with van der Waals surface area (Å²) < 4.78 is 1.91. The number of phenols is 1. The summed E-state index contributed by atoms with van der Waals surface area (Å²) in [5, 5.41) is 17.5. The third-order valence-electron chi connectivity index (χ3n) is 3.20. The van der Waals surface area contributed by atoms with Gasteiger partial charge >= 0.3 is 0 Å². The van der Waals surface area contributed by atoms with Crippen molar-refractivity contribution in [3.05, 3.63) is 47.3 Å². The van der Waals surface area contributed by atoms with Crippen LogP contribution in [0.1, 0.15) is 36.7 Å². The molecule has 0 amide bonds. The van der Waals surface area contributed by atoms with E-state index >= 15 is 0 Å². The first kappa shape index (κ1) is 13.6. The van der Waals surface area contributed by atoms with Gasteiger partial charge < -0.3 is 10.4 Å². The molecule has 4 heteroatoms. The van der Waals surface area contributed by atoms with Crippen molar-refractivity contribution in [2.24, 2.45) is 7.05 Å². The zero-order valence-corrected chi connectivity index (χ0v) is 11.7. The molecule has 102 valence electrons. The molecule has 2 N–H and O–H groups in total. The normalized spacial score (nSPS) is 11.2. The number of hydrogen-bond acceptors (Lipinski definition) is 3. The van der Waals surface area contributed by atoms with E-state index < -0.39 is 0 Å². The Morgan fingerprint density at radius 2 is 2.00 bits per heavy atom. The summed E-state index contributed by atoms with van der Waals surface area (Å²) in [4.78, 5) is 0. The second-order valence-corrected chi connectivity index (χ2v) is 5.07. The monoisotopic (exact) mass is 259 g/mol. The third kappa shape index (κ3) is 3.35. The van der Waals surface area contributed by atoms with Crippen molar-refractivity contribution < 1.29 is 5.11 Å². The van der Waals surface area contributed by atoms with Gasteiger partial charge in [0.25, 0.3) is 0 Å². The molecule has 0 unspecified atom stereocenters. The molecule has 19 heavy (non-hydrogen) atoms. The fourth-order valence-electron chi connectivity index (χ4n) is 1.96. The van der Waals surface area contributed by atoms with E-state index in [0.29, 0.717) is 18.2 Å². The van der Waals surface area contributed by atoms with E-state index in [2.05, 4.69) is 30.3 Å².